The highest BCUT2D eigenvalue weighted by Gasteiger charge is 2.50. The molecule has 0 aromatic carbocycles. The molecule has 1 aliphatic carbocycles. The third-order valence-corrected chi connectivity index (χ3v) is 6.70. The van der Waals surface area contributed by atoms with Crippen molar-refractivity contribution in [2.45, 2.75) is 77.6 Å². The molecule has 0 heterocycles. The highest BCUT2D eigenvalue weighted by molar-refractivity contribution is 4.99. The van der Waals surface area contributed by atoms with E-state index in [1.165, 1.54) is 32.1 Å². The van der Waals surface area contributed by atoms with E-state index in [9.17, 15) is 0 Å². The Balaban J connectivity index is 3.34. The second kappa shape index (κ2) is 15.5. The molecule has 6 nitrogen and oxygen atoms in total. The fourth-order valence-corrected chi connectivity index (χ4v) is 5.06. The van der Waals surface area contributed by atoms with Gasteiger partial charge in [0, 0.05) is 53.0 Å². The number of ether oxygens (including phenoxy) is 6. The van der Waals surface area contributed by atoms with Crippen LogP contribution in [0.2, 0.25) is 0 Å². The Morgan fingerprint density at radius 3 is 1.87 bits per heavy atom. The lowest BCUT2D eigenvalue weighted by Crippen LogP contribution is -2.59. The first-order chi connectivity index (χ1) is 14.5. The van der Waals surface area contributed by atoms with Crippen molar-refractivity contribution in [3.8, 4) is 0 Å². The van der Waals surface area contributed by atoms with Gasteiger partial charge in [-0.3, -0.25) is 0 Å². The summed E-state index contributed by atoms with van der Waals surface area (Å²) >= 11 is 0. The first kappa shape index (κ1) is 27.8. The Labute approximate surface area is 185 Å². The smallest absolute Gasteiger partial charge is 0.0987 e. The van der Waals surface area contributed by atoms with Crippen molar-refractivity contribution in [3.63, 3.8) is 0 Å². The maximum atomic E-state index is 6.45. The summed E-state index contributed by atoms with van der Waals surface area (Å²) in [7, 11) is 5.20. The standard InChI is InChI=1S/C24H48O6/c1-8-28-18-21(22(29-9-2)19-14-12-11-13-15-19)23(30-10-3)24(4,27-7)20(16-25-5)17-26-6/h19-23H,8-18H2,1-7H3. The molecule has 1 aliphatic rings. The molecule has 1 saturated carbocycles. The van der Waals surface area contributed by atoms with Crippen LogP contribution in [0.4, 0.5) is 0 Å². The van der Waals surface area contributed by atoms with Gasteiger partial charge >= 0.3 is 0 Å². The molecule has 0 amide bonds. The van der Waals surface area contributed by atoms with Gasteiger partial charge in [-0.15, -0.1) is 0 Å². The molecule has 180 valence electrons. The summed E-state index contributed by atoms with van der Waals surface area (Å²) < 4.78 is 36.2. The zero-order chi connectivity index (χ0) is 22.4. The van der Waals surface area contributed by atoms with Crippen LogP contribution < -0.4 is 0 Å². The van der Waals surface area contributed by atoms with Crippen LogP contribution >= 0.6 is 0 Å². The Bertz CT molecular complexity index is 409. The second-order valence-corrected chi connectivity index (χ2v) is 8.51. The minimum Gasteiger partial charge on any atom is -0.384 e. The molecular weight excluding hydrogens is 384 g/mol. The molecule has 0 saturated heterocycles. The van der Waals surface area contributed by atoms with Crippen molar-refractivity contribution >= 4 is 0 Å². The van der Waals surface area contributed by atoms with Gasteiger partial charge in [-0.05, 0) is 46.5 Å². The van der Waals surface area contributed by atoms with Gasteiger partial charge in [0.05, 0.1) is 37.6 Å². The van der Waals surface area contributed by atoms with Gasteiger partial charge in [-0.2, -0.15) is 0 Å². The number of methoxy groups -OCH3 is 3. The van der Waals surface area contributed by atoms with Gasteiger partial charge in [0.25, 0.3) is 0 Å². The number of rotatable bonds is 17. The van der Waals surface area contributed by atoms with E-state index in [1.807, 2.05) is 13.8 Å². The topological polar surface area (TPSA) is 55.4 Å². The van der Waals surface area contributed by atoms with Gasteiger partial charge in [0.2, 0.25) is 0 Å². The molecule has 1 fully saturated rings. The molecule has 0 aromatic heterocycles. The summed E-state index contributed by atoms with van der Waals surface area (Å²) in [6.45, 7) is 11.9. The Morgan fingerprint density at radius 2 is 1.40 bits per heavy atom. The fraction of sp³-hybridized carbons (Fsp3) is 1.00. The first-order valence-corrected chi connectivity index (χ1v) is 11.9. The van der Waals surface area contributed by atoms with E-state index in [-0.39, 0.29) is 24.0 Å². The SMILES string of the molecule is CCOCC(C(OCC)C1CCCCC1)C(OCC)C(C)(OC)C(COC)COC. The van der Waals surface area contributed by atoms with Gasteiger partial charge in [-0.25, -0.2) is 0 Å². The summed E-state index contributed by atoms with van der Waals surface area (Å²) in [5.74, 6) is 0.609. The lowest BCUT2D eigenvalue weighted by atomic mass is 9.72. The van der Waals surface area contributed by atoms with Crippen LogP contribution in [0.5, 0.6) is 0 Å². The minimum atomic E-state index is -0.603. The summed E-state index contributed by atoms with van der Waals surface area (Å²) in [5.41, 5.74) is -0.603. The highest BCUT2D eigenvalue weighted by Crippen LogP contribution is 2.39. The molecule has 30 heavy (non-hydrogen) atoms. The van der Waals surface area contributed by atoms with Crippen molar-refractivity contribution in [1.82, 2.24) is 0 Å². The Hall–Kier alpha value is -0.240. The molecule has 0 radical (unpaired) electrons. The van der Waals surface area contributed by atoms with Crippen molar-refractivity contribution in [2.75, 3.05) is 61.0 Å². The summed E-state index contributed by atoms with van der Waals surface area (Å²) in [6, 6.07) is 0. The molecule has 0 N–H and O–H groups in total. The average molecular weight is 433 g/mol. The number of hydrogen-bond acceptors (Lipinski definition) is 6. The van der Waals surface area contributed by atoms with Crippen LogP contribution in [0.3, 0.4) is 0 Å². The molecule has 0 bridgehead atoms. The fourth-order valence-electron chi connectivity index (χ4n) is 5.06. The average Bonchev–Trinajstić information content (AvgIpc) is 2.77. The zero-order valence-electron chi connectivity index (χ0n) is 20.6. The van der Waals surface area contributed by atoms with E-state index in [0.29, 0.717) is 45.6 Å². The summed E-state index contributed by atoms with van der Waals surface area (Å²) in [6.07, 6.45) is 6.15. The zero-order valence-corrected chi connectivity index (χ0v) is 20.6. The van der Waals surface area contributed by atoms with Crippen LogP contribution in [0, 0.1) is 17.8 Å². The molecule has 4 unspecified atom stereocenters. The molecule has 0 spiro atoms. The first-order valence-electron chi connectivity index (χ1n) is 11.9. The van der Waals surface area contributed by atoms with Crippen LogP contribution in [0.15, 0.2) is 0 Å². The maximum Gasteiger partial charge on any atom is 0.0987 e. The predicted octanol–water partition coefficient (Wildman–Crippen LogP) is 4.34. The molecular formula is C24H48O6. The minimum absolute atomic E-state index is 0.0202. The van der Waals surface area contributed by atoms with Gasteiger partial charge in [0.1, 0.15) is 0 Å². The van der Waals surface area contributed by atoms with Crippen LogP contribution in [0.25, 0.3) is 0 Å². The van der Waals surface area contributed by atoms with Crippen molar-refractivity contribution < 1.29 is 28.4 Å². The molecule has 4 atom stereocenters. The van der Waals surface area contributed by atoms with Crippen LogP contribution in [0.1, 0.15) is 59.8 Å². The van der Waals surface area contributed by atoms with E-state index in [0.717, 1.165) is 0 Å². The van der Waals surface area contributed by atoms with Crippen molar-refractivity contribution in [2.24, 2.45) is 17.8 Å². The number of hydrogen-bond donors (Lipinski definition) is 0. The van der Waals surface area contributed by atoms with Gasteiger partial charge < -0.3 is 28.4 Å². The maximum absolute atomic E-state index is 6.45. The molecule has 1 rings (SSSR count). The Morgan fingerprint density at radius 1 is 0.800 bits per heavy atom. The highest BCUT2D eigenvalue weighted by atomic mass is 16.6. The lowest BCUT2D eigenvalue weighted by Gasteiger charge is -2.48. The van der Waals surface area contributed by atoms with Crippen LogP contribution in [-0.4, -0.2) is 78.8 Å². The van der Waals surface area contributed by atoms with Gasteiger partial charge in [0.15, 0.2) is 0 Å². The second-order valence-electron chi connectivity index (χ2n) is 8.51. The van der Waals surface area contributed by atoms with Crippen LogP contribution in [-0.2, 0) is 28.4 Å². The van der Waals surface area contributed by atoms with Crippen molar-refractivity contribution in [1.29, 1.82) is 0 Å². The molecule has 0 aromatic rings. The third kappa shape index (κ3) is 7.72. The quantitative estimate of drug-likeness (QED) is 0.341. The largest absolute Gasteiger partial charge is 0.384 e. The van der Waals surface area contributed by atoms with E-state index < -0.39 is 5.60 Å². The Kier molecular flexibility index (Phi) is 14.4. The van der Waals surface area contributed by atoms with E-state index in [2.05, 4.69) is 13.8 Å². The third-order valence-electron chi connectivity index (χ3n) is 6.70. The van der Waals surface area contributed by atoms with Crippen molar-refractivity contribution in [3.05, 3.63) is 0 Å². The monoisotopic (exact) mass is 432 g/mol. The molecule has 6 heteroatoms. The lowest BCUT2D eigenvalue weighted by molar-refractivity contribution is -0.212. The van der Waals surface area contributed by atoms with Gasteiger partial charge in [-0.1, -0.05) is 19.3 Å². The van der Waals surface area contributed by atoms with E-state index >= 15 is 0 Å². The molecule has 0 aliphatic heterocycles. The summed E-state index contributed by atoms with van der Waals surface area (Å²) in [4.78, 5) is 0. The van der Waals surface area contributed by atoms with E-state index in [4.69, 9.17) is 28.4 Å². The predicted molar refractivity (Wildman–Crippen MR) is 120 cm³/mol. The normalized spacial score (nSPS) is 20.8. The summed E-state index contributed by atoms with van der Waals surface area (Å²) in [5, 5.41) is 0. The van der Waals surface area contributed by atoms with E-state index in [1.54, 1.807) is 21.3 Å².